The SMILES string of the molecule is COc1ccc(OC)c(CC(=O)N[C@H](C(=O)NC(CC(=O)O)C(=O)CSCc2cccc3ccccc23)C(C)C)c1. The molecule has 2 amide bonds. The van der Waals surface area contributed by atoms with Crippen LogP contribution in [0.2, 0.25) is 0 Å². The van der Waals surface area contributed by atoms with Gasteiger partial charge < -0.3 is 25.2 Å². The molecule has 0 aliphatic heterocycles. The van der Waals surface area contributed by atoms with Crippen molar-refractivity contribution in [2.45, 2.75) is 44.5 Å². The van der Waals surface area contributed by atoms with Crippen LogP contribution in [0.25, 0.3) is 10.8 Å². The fourth-order valence-corrected chi connectivity index (χ4v) is 5.39. The summed E-state index contributed by atoms with van der Waals surface area (Å²) in [6, 6.07) is 16.8. The van der Waals surface area contributed by atoms with E-state index in [1.165, 1.54) is 26.0 Å². The van der Waals surface area contributed by atoms with Crippen LogP contribution >= 0.6 is 11.8 Å². The summed E-state index contributed by atoms with van der Waals surface area (Å²) in [5, 5.41) is 16.9. The van der Waals surface area contributed by atoms with E-state index in [1.54, 1.807) is 32.0 Å². The number of ether oxygens (including phenoxy) is 2. The second-order valence-electron chi connectivity index (χ2n) is 9.90. The molecule has 2 atom stereocenters. The maximum absolute atomic E-state index is 13.2. The number of fused-ring (bicyclic) bond motifs is 1. The summed E-state index contributed by atoms with van der Waals surface area (Å²) in [6.45, 7) is 3.51. The van der Waals surface area contributed by atoms with E-state index >= 15 is 0 Å². The van der Waals surface area contributed by atoms with Crippen molar-refractivity contribution < 1.29 is 33.8 Å². The van der Waals surface area contributed by atoms with Gasteiger partial charge in [0.15, 0.2) is 5.78 Å². The summed E-state index contributed by atoms with van der Waals surface area (Å²) in [7, 11) is 3.01. The van der Waals surface area contributed by atoms with E-state index in [0.29, 0.717) is 22.8 Å². The Morgan fingerprint density at radius 3 is 2.32 bits per heavy atom. The maximum Gasteiger partial charge on any atom is 0.305 e. The van der Waals surface area contributed by atoms with Gasteiger partial charge in [-0.2, -0.15) is 0 Å². The van der Waals surface area contributed by atoms with Crippen molar-refractivity contribution in [1.82, 2.24) is 10.6 Å². The molecule has 0 aromatic heterocycles. The second kappa shape index (κ2) is 15.1. The maximum atomic E-state index is 13.2. The standard InChI is InChI=1S/C31H36N2O7S/c1-19(2)30(33-28(35)15-22-14-23(39-3)12-13-27(22)40-4)31(38)32-25(16-29(36)37)26(34)18-41-17-21-10-7-9-20-8-5-6-11-24(20)21/h5-14,19,25,30H,15-18H2,1-4H3,(H,32,38)(H,33,35)(H,36,37)/t25?,30-/m0/s1. The van der Waals surface area contributed by atoms with Gasteiger partial charge in [-0.1, -0.05) is 56.3 Å². The zero-order valence-corrected chi connectivity index (χ0v) is 24.5. The van der Waals surface area contributed by atoms with E-state index in [9.17, 15) is 24.3 Å². The highest BCUT2D eigenvalue weighted by atomic mass is 32.2. The van der Waals surface area contributed by atoms with E-state index in [1.807, 2.05) is 42.5 Å². The van der Waals surface area contributed by atoms with Gasteiger partial charge in [-0.25, -0.2) is 0 Å². The third kappa shape index (κ3) is 8.97. The van der Waals surface area contributed by atoms with Crippen LogP contribution in [0.1, 0.15) is 31.4 Å². The lowest BCUT2D eigenvalue weighted by Crippen LogP contribution is -2.54. The summed E-state index contributed by atoms with van der Waals surface area (Å²) in [4.78, 5) is 50.7. The number of rotatable bonds is 15. The molecular weight excluding hydrogens is 544 g/mol. The molecule has 0 aliphatic carbocycles. The Kier molecular flexibility index (Phi) is 11.6. The summed E-state index contributed by atoms with van der Waals surface area (Å²) in [5.41, 5.74) is 1.64. The Labute approximate surface area is 244 Å². The third-order valence-corrected chi connectivity index (χ3v) is 7.57. The molecule has 0 saturated carbocycles. The zero-order chi connectivity index (χ0) is 29.9. The molecule has 9 nitrogen and oxygen atoms in total. The van der Waals surface area contributed by atoms with E-state index < -0.39 is 42.1 Å². The predicted molar refractivity (Wildman–Crippen MR) is 159 cm³/mol. The highest BCUT2D eigenvalue weighted by Crippen LogP contribution is 2.25. The minimum absolute atomic E-state index is 0.0236. The smallest absolute Gasteiger partial charge is 0.305 e. The molecule has 0 spiro atoms. The number of thioether (sulfide) groups is 1. The lowest BCUT2D eigenvalue weighted by Gasteiger charge is -2.25. The average Bonchev–Trinajstić information content (AvgIpc) is 2.95. The summed E-state index contributed by atoms with van der Waals surface area (Å²) >= 11 is 1.36. The van der Waals surface area contributed by atoms with Crippen LogP contribution in [-0.2, 0) is 31.4 Å². The second-order valence-corrected chi connectivity index (χ2v) is 10.9. The van der Waals surface area contributed by atoms with Gasteiger partial charge in [0.2, 0.25) is 11.8 Å². The van der Waals surface area contributed by atoms with Gasteiger partial charge >= 0.3 is 5.97 Å². The van der Waals surface area contributed by atoms with Gasteiger partial charge in [0.05, 0.1) is 38.9 Å². The molecule has 3 N–H and O–H groups in total. The van der Waals surface area contributed by atoms with E-state index in [0.717, 1.165) is 16.3 Å². The average molecular weight is 581 g/mol. The Hall–Kier alpha value is -4.05. The number of carbonyl (C=O) groups is 4. The number of carbonyl (C=O) groups excluding carboxylic acids is 3. The fourth-order valence-electron chi connectivity index (χ4n) is 4.41. The summed E-state index contributed by atoms with van der Waals surface area (Å²) in [6.07, 6.45) is -0.627. The van der Waals surface area contributed by atoms with Crippen LogP contribution in [0.3, 0.4) is 0 Å². The molecule has 0 aliphatic rings. The number of methoxy groups -OCH3 is 2. The molecule has 0 fully saturated rings. The number of Topliss-reactive ketones (excluding diaryl/α,β-unsaturated/α-hetero) is 1. The number of ketones is 1. The molecule has 218 valence electrons. The molecule has 0 bridgehead atoms. The molecular formula is C31H36N2O7S. The van der Waals surface area contributed by atoms with Crippen molar-refractivity contribution in [3.8, 4) is 11.5 Å². The first kappa shape index (κ1) is 31.5. The number of hydrogen-bond acceptors (Lipinski definition) is 7. The van der Waals surface area contributed by atoms with Gasteiger partial charge in [-0.15, -0.1) is 11.8 Å². The molecule has 0 radical (unpaired) electrons. The minimum Gasteiger partial charge on any atom is -0.497 e. The predicted octanol–water partition coefficient (Wildman–Crippen LogP) is 4.00. The first-order chi connectivity index (χ1) is 19.6. The van der Waals surface area contributed by atoms with E-state index in [4.69, 9.17) is 9.47 Å². The highest BCUT2D eigenvalue weighted by molar-refractivity contribution is 7.99. The van der Waals surface area contributed by atoms with E-state index in [-0.39, 0.29) is 18.1 Å². The third-order valence-electron chi connectivity index (χ3n) is 6.57. The zero-order valence-electron chi connectivity index (χ0n) is 23.6. The Bertz CT molecular complexity index is 1390. The number of nitrogens with one attached hydrogen (secondary N) is 2. The lowest BCUT2D eigenvalue weighted by atomic mass is 10.0. The van der Waals surface area contributed by atoms with Crippen molar-refractivity contribution in [2.24, 2.45) is 5.92 Å². The van der Waals surface area contributed by atoms with Crippen molar-refractivity contribution in [3.63, 3.8) is 0 Å². The van der Waals surface area contributed by atoms with Crippen LogP contribution in [-0.4, -0.2) is 60.7 Å². The van der Waals surface area contributed by atoms with E-state index in [2.05, 4.69) is 10.6 Å². The Morgan fingerprint density at radius 2 is 1.63 bits per heavy atom. The first-order valence-corrected chi connectivity index (χ1v) is 14.4. The van der Waals surface area contributed by atoms with Gasteiger partial charge in [0.1, 0.15) is 17.5 Å². The van der Waals surface area contributed by atoms with Crippen LogP contribution in [0, 0.1) is 5.92 Å². The Balaban J connectivity index is 1.64. The number of carboxylic acids is 1. The van der Waals surface area contributed by atoms with Crippen molar-refractivity contribution in [3.05, 3.63) is 71.8 Å². The highest BCUT2D eigenvalue weighted by Gasteiger charge is 2.30. The lowest BCUT2D eigenvalue weighted by molar-refractivity contribution is -0.140. The van der Waals surface area contributed by atoms with Gasteiger partial charge in [-0.05, 0) is 40.5 Å². The van der Waals surface area contributed by atoms with Gasteiger partial charge in [0, 0.05) is 11.3 Å². The first-order valence-electron chi connectivity index (χ1n) is 13.2. The molecule has 41 heavy (non-hydrogen) atoms. The molecule has 3 rings (SSSR count). The van der Waals surface area contributed by atoms with Crippen molar-refractivity contribution >= 4 is 46.1 Å². The molecule has 3 aromatic rings. The van der Waals surface area contributed by atoms with Gasteiger partial charge in [-0.3, -0.25) is 19.2 Å². The van der Waals surface area contributed by atoms with Crippen LogP contribution in [0.5, 0.6) is 11.5 Å². The fraction of sp³-hybridized carbons (Fsp3) is 0.355. The quantitative estimate of drug-likeness (QED) is 0.246. The number of benzene rings is 3. The Morgan fingerprint density at radius 1 is 0.902 bits per heavy atom. The number of aliphatic carboxylic acids is 1. The van der Waals surface area contributed by atoms with Crippen molar-refractivity contribution in [2.75, 3.05) is 20.0 Å². The van der Waals surface area contributed by atoms with Crippen molar-refractivity contribution in [1.29, 1.82) is 0 Å². The largest absolute Gasteiger partial charge is 0.497 e. The number of carboxylic acid groups (broad SMARTS) is 1. The normalized spacial score (nSPS) is 12.4. The monoisotopic (exact) mass is 580 g/mol. The van der Waals surface area contributed by atoms with Crippen LogP contribution in [0.4, 0.5) is 0 Å². The molecule has 10 heteroatoms. The molecule has 1 unspecified atom stereocenters. The summed E-state index contributed by atoms with van der Waals surface area (Å²) in [5.74, 6) is -1.36. The molecule has 0 heterocycles. The van der Waals surface area contributed by atoms with Crippen LogP contribution in [0.15, 0.2) is 60.7 Å². The topological polar surface area (TPSA) is 131 Å². The molecule has 3 aromatic carbocycles. The van der Waals surface area contributed by atoms with Gasteiger partial charge in [0.25, 0.3) is 0 Å². The number of amides is 2. The molecule has 0 saturated heterocycles. The summed E-state index contributed by atoms with van der Waals surface area (Å²) < 4.78 is 10.6. The number of hydrogen-bond donors (Lipinski definition) is 3. The van der Waals surface area contributed by atoms with Crippen LogP contribution < -0.4 is 20.1 Å². The minimum atomic E-state index is -1.23.